The minimum atomic E-state index is 0. The largest absolute Gasteiger partial charge is 0.351 e. The summed E-state index contributed by atoms with van der Waals surface area (Å²) in [7, 11) is 0. The highest BCUT2D eigenvalue weighted by molar-refractivity contribution is 7.10. The predicted molar refractivity (Wildman–Crippen MR) is 73.7 cm³/mol. The van der Waals surface area contributed by atoms with Crippen LogP contribution >= 0.6 is 23.7 Å². The quantitative estimate of drug-likeness (QED) is 0.883. The molecule has 1 aromatic heterocycles. The van der Waals surface area contributed by atoms with Crippen molar-refractivity contribution in [3.8, 4) is 0 Å². The van der Waals surface area contributed by atoms with E-state index in [0.717, 1.165) is 19.5 Å². The number of carbonyl (C=O) groups excluding carboxylic acids is 1. The third-order valence-electron chi connectivity index (χ3n) is 3.05. The molecule has 1 atom stereocenters. The van der Waals surface area contributed by atoms with E-state index in [1.807, 2.05) is 0 Å². The Morgan fingerprint density at radius 3 is 3.06 bits per heavy atom. The molecule has 0 radical (unpaired) electrons. The maximum absolute atomic E-state index is 11.7. The summed E-state index contributed by atoms with van der Waals surface area (Å²) in [6.07, 6.45) is 1.79. The molecule has 5 heteroatoms. The van der Waals surface area contributed by atoms with E-state index in [4.69, 9.17) is 0 Å². The number of thiophene rings is 1. The van der Waals surface area contributed by atoms with Gasteiger partial charge in [-0.2, -0.15) is 0 Å². The van der Waals surface area contributed by atoms with E-state index in [2.05, 4.69) is 29.0 Å². The van der Waals surface area contributed by atoms with Gasteiger partial charge in [0.15, 0.2) is 0 Å². The molecule has 1 fully saturated rings. The van der Waals surface area contributed by atoms with E-state index in [0.29, 0.717) is 18.9 Å². The van der Waals surface area contributed by atoms with Crippen LogP contribution in [0.3, 0.4) is 0 Å². The first-order chi connectivity index (χ1) is 7.75. The summed E-state index contributed by atoms with van der Waals surface area (Å²) >= 11 is 1.71. The number of hydrogen-bond donors (Lipinski definition) is 2. The SMILES string of the molecule is Cc1ccsc1CNC(=O)CC1CCNC1.Cl. The Morgan fingerprint density at radius 2 is 2.47 bits per heavy atom. The van der Waals surface area contributed by atoms with E-state index in [-0.39, 0.29) is 18.3 Å². The number of carbonyl (C=O) groups is 1. The lowest BCUT2D eigenvalue weighted by atomic mass is 10.0. The smallest absolute Gasteiger partial charge is 0.220 e. The van der Waals surface area contributed by atoms with Crippen LogP contribution in [0.4, 0.5) is 0 Å². The number of amides is 1. The Hall–Kier alpha value is -0.580. The zero-order chi connectivity index (χ0) is 11.4. The fourth-order valence-electron chi connectivity index (χ4n) is 1.99. The minimum Gasteiger partial charge on any atom is -0.351 e. The predicted octanol–water partition coefficient (Wildman–Crippen LogP) is 2.09. The van der Waals surface area contributed by atoms with Crippen LogP contribution in [0, 0.1) is 12.8 Å². The van der Waals surface area contributed by atoms with Gasteiger partial charge in [-0.1, -0.05) is 0 Å². The summed E-state index contributed by atoms with van der Waals surface area (Å²) in [6.45, 7) is 4.81. The van der Waals surface area contributed by atoms with Gasteiger partial charge >= 0.3 is 0 Å². The zero-order valence-electron chi connectivity index (χ0n) is 9.99. The van der Waals surface area contributed by atoms with E-state index in [9.17, 15) is 4.79 Å². The molecule has 2 heterocycles. The molecule has 1 aromatic rings. The topological polar surface area (TPSA) is 41.1 Å². The lowest BCUT2D eigenvalue weighted by Crippen LogP contribution is -2.25. The van der Waals surface area contributed by atoms with Crippen molar-refractivity contribution in [1.29, 1.82) is 0 Å². The molecule has 1 unspecified atom stereocenters. The molecule has 0 aliphatic carbocycles. The molecule has 1 aliphatic rings. The second kappa shape index (κ2) is 6.99. The molecule has 96 valence electrons. The molecule has 3 nitrogen and oxygen atoms in total. The number of nitrogens with one attached hydrogen (secondary N) is 2. The molecular weight excluding hydrogens is 256 g/mol. The first kappa shape index (κ1) is 14.5. The third-order valence-corrected chi connectivity index (χ3v) is 4.07. The van der Waals surface area contributed by atoms with Crippen LogP contribution in [0.15, 0.2) is 11.4 Å². The average Bonchev–Trinajstić information content (AvgIpc) is 2.87. The van der Waals surface area contributed by atoms with Crippen molar-refractivity contribution in [2.24, 2.45) is 5.92 Å². The van der Waals surface area contributed by atoms with E-state index in [1.54, 1.807) is 11.3 Å². The van der Waals surface area contributed by atoms with Gasteiger partial charge in [-0.05, 0) is 49.4 Å². The maximum Gasteiger partial charge on any atom is 0.220 e. The number of halogens is 1. The van der Waals surface area contributed by atoms with Crippen LogP contribution in [-0.4, -0.2) is 19.0 Å². The molecule has 17 heavy (non-hydrogen) atoms. The van der Waals surface area contributed by atoms with Gasteiger partial charge in [0.2, 0.25) is 5.91 Å². The van der Waals surface area contributed by atoms with Crippen molar-refractivity contribution in [2.75, 3.05) is 13.1 Å². The molecule has 1 amide bonds. The maximum atomic E-state index is 11.7. The van der Waals surface area contributed by atoms with Crippen molar-refractivity contribution in [2.45, 2.75) is 26.3 Å². The lowest BCUT2D eigenvalue weighted by molar-refractivity contribution is -0.122. The highest BCUT2D eigenvalue weighted by atomic mass is 35.5. The highest BCUT2D eigenvalue weighted by Gasteiger charge is 2.17. The Bertz CT molecular complexity index is 361. The van der Waals surface area contributed by atoms with Crippen molar-refractivity contribution in [3.63, 3.8) is 0 Å². The van der Waals surface area contributed by atoms with Crippen molar-refractivity contribution >= 4 is 29.7 Å². The van der Waals surface area contributed by atoms with Crippen molar-refractivity contribution in [1.82, 2.24) is 10.6 Å². The van der Waals surface area contributed by atoms with Gasteiger partial charge in [-0.25, -0.2) is 0 Å². The molecule has 1 aliphatic heterocycles. The molecule has 0 saturated carbocycles. The van der Waals surface area contributed by atoms with Crippen LogP contribution in [0.2, 0.25) is 0 Å². The normalized spacial score (nSPS) is 18.8. The standard InChI is InChI=1S/C12H18N2OS.ClH/c1-9-3-5-16-11(9)8-14-12(15)6-10-2-4-13-7-10;/h3,5,10,13H,2,4,6-8H2,1H3,(H,14,15);1H. The second-order valence-corrected chi connectivity index (χ2v) is 5.37. The van der Waals surface area contributed by atoms with Gasteiger partial charge in [0.25, 0.3) is 0 Å². The van der Waals surface area contributed by atoms with Crippen LogP contribution in [0.5, 0.6) is 0 Å². The van der Waals surface area contributed by atoms with Gasteiger partial charge in [0.1, 0.15) is 0 Å². The fraction of sp³-hybridized carbons (Fsp3) is 0.583. The van der Waals surface area contributed by atoms with Gasteiger partial charge in [-0.3, -0.25) is 4.79 Å². The molecule has 2 N–H and O–H groups in total. The zero-order valence-corrected chi connectivity index (χ0v) is 11.6. The minimum absolute atomic E-state index is 0. The number of aryl methyl sites for hydroxylation is 1. The molecule has 0 aromatic carbocycles. The Kier molecular flexibility index (Phi) is 5.95. The average molecular weight is 275 g/mol. The molecular formula is C12H19ClN2OS. The summed E-state index contributed by atoms with van der Waals surface area (Å²) in [6, 6.07) is 2.09. The second-order valence-electron chi connectivity index (χ2n) is 4.37. The van der Waals surface area contributed by atoms with E-state index in [1.165, 1.54) is 10.4 Å². The highest BCUT2D eigenvalue weighted by Crippen LogP contribution is 2.15. The monoisotopic (exact) mass is 274 g/mol. The van der Waals surface area contributed by atoms with Crippen LogP contribution in [0.25, 0.3) is 0 Å². The van der Waals surface area contributed by atoms with E-state index < -0.39 is 0 Å². The Morgan fingerprint density at radius 1 is 1.65 bits per heavy atom. The van der Waals surface area contributed by atoms with Crippen molar-refractivity contribution < 1.29 is 4.79 Å². The Labute approximate surface area is 112 Å². The molecule has 0 spiro atoms. The molecule has 1 saturated heterocycles. The van der Waals surface area contributed by atoms with Crippen LogP contribution in [0.1, 0.15) is 23.3 Å². The van der Waals surface area contributed by atoms with Crippen LogP contribution < -0.4 is 10.6 Å². The van der Waals surface area contributed by atoms with Gasteiger partial charge < -0.3 is 10.6 Å². The molecule has 0 bridgehead atoms. The summed E-state index contributed by atoms with van der Waals surface area (Å²) in [4.78, 5) is 12.9. The first-order valence-corrected chi connectivity index (χ1v) is 6.64. The number of rotatable bonds is 4. The molecule has 2 rings (SSSR count). The lowest BCUT2D eigenvalue weighted by Gasteiger charge is -2.08. The fourth-order valence-corrected chi connectivity index (χ4v) is 2.83. The number of hydrogen-bond acceptors (Lipinski definition) is 3. The van der Waals surface area contributed by atoms with E-state index >= 15 is 0 Å². The van der Waals surface area contributed by atoms with Gasteiger partial charge in [0, 0.05) is 11.3 Å². The van der Waals surface area contributed by atoms with Crippen LogP contribution in [-0.2, 0) is 11.3 Å². The Balaban J connectivity index is 0.00000144. The summed E-state index contributed by atoms with van der Waals surface area (Å²) < 4.78 is 0. The first-order valence-electron chi connectivity index (χ1n) is 5.76. The summed E-state index contributed by atoms with van der Waals surface area (Å²) in [5.41, 5.74) is 1.27. The van der Waals surface area contributed by atoms with Gasteiger partial charge in [0.05, 0.1) is 6.54 Å². The third kappa shape index (κ3) is 4.30. The summed E-state index contributed by atoms with van der Waals surface area (Å²) in [5, 5.41) is 8.34. The summed E-state index contributed by atoms with van der Waals surface area (Å²) in [5.74, 6) is 0.714. The van der Waals surface area contributed by atoms with Crippen molar-refractivity contribution in [3.05, 3.63) is 21.9 Å². The van der Waals surface area contributed by atoms with Gasteiger partial charge in [-0.15, -0.1) is 23.7 Å².